The predicted octanol–water partition coefficient (Wildman–Crippen LogP) is 2.07. The molecular formula is C11H18N2OS. The highest BCUT2D eigenvalue weighted by Gasteiger charge is 2.39. The molecular weight excluding hydrogens is 208 g/mol. The number of nitrogens with zero attached hydrogens (tertiary/aromatic N) is 1. The van der Waals surface area contributed by atoms with Gasteiger partial charge in [-0.2, -0.15) is 0 Å². The highest BCUT2D eigenvalue weighted by atomic mass is 32.1. The van der Waals surface area contributed by atoms with Crippen LogP contribution in [-0.4, -0.2) is 24.2 Å². The monoisotopic (exact) mass is 226 g/mol. The van der Waals surface area contributed by atoms with E-state index in [0.29, 0.717) is 6.04 Å². The lowest BCUT2D eigenvalue weighted by atomic mass is 9.98. The molecule has 0 aliphatic carbocycles. The maximum absolute atomic E-state index is 5.53. The number of thiazole rings is 1. The van der Waals surface area contributed by atoms with E-state index in [0.717, 1.165) is 25.3 Å². The van der Waals surface area contributed by atoms with Crippen LogP contribution in [0.2, 0.25) is 0 Å². The van der Waals surface area contributed by atoms with Crippen LogP contribution in [-0.2, 0) is 10.3 Å². The van der Waals surface area contributed by atoms with Crippen molar-refractivity contribution in [3.05, 3.63) is 16.1 Å². The molecule has 2 rings (SSSR count). The fraction of sp³-hybridized carbons (Fsp3) is 0.727. The third-order valence-corrected chi connectivity index (χ3v) is 3.78. The van der Waals surface area contributed by atoms with Crippen molar-refractivity contribution in [1.29, 1.82) is 0 Å². The van der Waals surface area contributed by atoms with Crippen LogP contribution in [0.5, 0.6) is 0 Å². The number of nitrogens with one attached hydrogen (secondary N) is 1. The SMILES string of the molecule is Cc1csc(C2(NC(C)C)CCOC2)n1. The summed E-state index contributed by atoms with van der Waals surface area (Å²) in [6.45, 7) is 7.95. The van der Waals surface area contributed by atoms with Gasteiger partial charge in [-0.1, -0.05) is 0 Å². The van der Waals surface area contributed by atoms with Gasteiger partial charge in [0, 0.05) is 23.7 Å². The second-order valence-corrected chi connectivity index (χ2v) is 5.34. The molecule has 0 amide bonds. The molecule has 0 spiro atoms. The molecule has 3 nitrogen and oxygen atoms in total. The summed E-state index contributed by atoms with van der Waals surface area (Å²) in [5.41, 5.74) is 1.07. The summed E-state index contributed by atoms with van der Waals surface area (Å²) in [6.07, 6.45) is 1.03. The van der Waals surface area contributed by atoms with Gasteiger partial charge in [0.2, 0.25) is 0 Å². The van der Waals surface area contributed by atoms with Gasteiger partial charge < -0.3 is 10.1 Å². The molecule has 1 aliphatic rings. The smallest absolute Gasteiger partial charge is 0.115 e. The second-order valence-electron chi connectivity index (χ2n) is 4.48. The van der Waals surface area contributed by atoms with Gasteiger partial charge in [-0.3, -0.25) is 0 Å². The van der Waals surface area contributed by atoms with E-state index in [2.05, 4.69) is 29.5 Å². The van der Waals surface area contributed by atoms with Crippen LogP contribution in [0.3, 0.4) is 0 Å². The van der Waals surface area contributed by atoms with Gasteiger partial charge in [-0.25, -0.2) is 4.98 Å². The van der Waals surface area contributed by atoms with E-state index in [4.69, 9.17) is 4.74 Å². The molecule has 2 heterocycles. The summed E-state index contributed by atoms with van der Waals surface area (Å²) in [4.78, 5) is 4.59. The Labute approximate surface area is 94.9 Å². The van der Waals surface area contributed by atoms with Gasteiger partial charge in [0.15, 0.2) is 0 Å². The highest BCUT2D eigenvalue weighted by Crippen LogP contribution is 2.33. The third-order valence-electron chi connectivity index (χ3n) is 2.62. The average Bonchev–Trinajstić information content (AvgIpc) is 2.73. The van der Waals surface area contributed by atoms with Crippen molar-refractivity contribution in [2.24, 2.45) is 0 Å². The Morgan fingerprint density at radius 3 is 2.87 bits per heavy atom. The molecule has 1 N–H and O–H groups in total. The highest BCUT2D eigenvalue weighted by molar-refractivity contribution is 7.09. The minimum Gasteiger partial charge on any atom is -0.379 e. The minimum atomic E-state index is -0.0346. The first-order valence-corrected chi connectivity index (χ1v) is 6.28. The molecule has 0 aromatic carbocycles. The zero-order valence-corrected chi connectivity index (χ0v) is 10.4. The molecule has 0 radical (unpaired) electrons. The van der Waals surface area contributed by atoms with Crippen molar-refractivity contribution in [2.45, 2.75) is 38.8 Å². The van der Waals surface area contributed by atoms with Crippen molar-refractivity contribution < 1.29 is 4.74 Å². The summed E-state index contributed by atoms with van der Waals surface area (Å²) >= 11 is 1.73. The summed E-state index contributed by atoms with van der Waals surface area (Å²) in [7, 11) is 0. The Morgan fingerprint density at radius 2 is 2.40 bits per heavy atom. The Morgan fingerprint density at radius 1 is 1.60 bits per heavy atom. The van der Waals surface area contributed by atoms with Gasteiger partial charge in [-0.05, 0) is 27.2 Å². The van der Waals surface area contributed by atoms with E-state index in [9.17, 15) is 0 Å². The predicted molar refractivity (Wildman–Crippen MR) is 62.2 cm³/mol. The first kappa shape index (κ1) is 11.0. The molecule has 0 saturated carbocycles. The summed E-state index contributed by atoms with van der Waals surface area (Å²) in [6, 6.07) is 0.455. The standard InChI is InChI=1S/C11H18N2OS/c1-8(2)13-11(4-5-14-7-11)10-12-9(3)6-15-10/h6,8,13H,4-5,7H2,1-3H3. The number of aromatic nitrogens is 1. The van der Waals surface area contributed by atoms with Gasteiger partial charge in [0.1, 0.15) is 5.01 Å². The van der Waals surface area contributed by atoms with Crippen LogP contribution in [0.15, 0.2) is 5.38 Å². The Kier molecular flexibility index (Phi) is 3.09. The molecule has 0 bridgehead atoms. The minimum absolute atomic E-state index is 0.0346. The van der Waals surface area contributed by atoms with E-state index in [1.54, 1.807) is 11.3 Å². The summed E-state index contributed by atoms with van der Waals surface area (Å²) < 4.78 is 5.53. The largest absolute Gasteiger partial charge is 0.379 e. The maximum atomic E-state index is 5.53. The van der Waals surface area contributed by atoms with E-state index in [1.165, 1.54) is 5.01 Å². The molecule has 1 fully saturated rings. The second kappa shape index (κ2) is 4.20. The van der Waals surface area contributed by atoms with Crippen molar-refractivity contribution >= 4 is 11.3 Å². The van der Waals surface area contributed by atoms with Crippen LogP contribution in [0.1, 0.15) is 31.0 Å². The molecule has 4 heteroatoms. The summed E-state index contributed by atoms with van der Waals surface area (Å²) in [5.74, 6) is 0. The third kappa shape index (κ3) is 2.22. The number of hydrogen-bond acceptors (Lipinski definition) is 4. The van der Waals surface area contributed by atoms with E-state index in [-0.39, 0.29) is 5.54 Å². The Balaban J connectivity index is 2.26. The first-order valence-electron chi connectivity index (χ1n) is 5.40. The molecule has 84 valence electrons. The molecule has 1 aromatic heterocycles. The summed E-state index contributed by atoms with van der Waals surface area (Å²) in [5, 5.41) is 6.89. The van der Waals surface area contributed by atoms with Crippen LogP contribution in [0, 0.1) is 6.92 Å². The quantitative estimate of drug-likeness (QED) is 0.856. The van der Waals surface area contributed by atoms with Crippen LogP contribution in [0.4, 0.5) is 0 Å². The van der Waals surface area contributed by atoms with E-state index in [1.807, 2.05) is 6.92 Å². The lowest BCUT2D eigenvalue weighted by molar-refractivity contribution is 0.162. The van der Waals surface area contributed by atoms with Gasteiger partial charge in [0.25, 0.3) is 0 Å². The first-order chi connectivity index (χ1) is 7.12. The van der Waals surface area contributed by atoms with Crippen LogP contribution in [0.25, 0.3) is 0 Å². The fourth-order valence-electron chi connectivity index (χ4n) is 2.04. The van der Waals surface area contributed by atoms with Crippen molar-refractivity contribution in [3.8, 4) is 0 Å². The number of rotatable bonds is 3. The van der Waals surface area contributed by atoms with E-state index < -0.39 is 0 Å². The Bertz CT molecular complexity index is 329. The van der Waals surface area contributed by atoms with Crippen molar-refractivity contribution in [3.63, 3.8) is 0 Å². The number of hydrogen-bond donors (Lipinski definition) is 1. The normalized spacial score (nSPS) is 26.4. The van der Waals surface area contributed by atoms with Crippen molar-refractivity contribution in [2.75, 3.05) is 13.2 Å². The maximum Gasteiger partial charge on any atom is 0.115 e. The zero-order valence-electron chi connectivity index (χ0n) is 9.54. The molecule has 1 saturated heterocycles. The number of aryl methyl sites for hydroxylation is 1. The zero-order chi connectivity index (χ0) is 10.9. The fourth-order valence-corrected chi connectivity index (χ4v) is 3.01. The molecule has 1 atom stereocenters. The van der Waals surface area contributed by atoms with Gasteiger partial charge >= 0.3 is 0 Å². The topological polar surface area (TPSA) is 34.1 Å². The lowest BCUT2D eigenvalue weighted by Crippen LogP contribution is -2.46. The van der Waals surface area contributed by atoms with Crippen molar-refractivity contribution in [1.82, 2.24) is 10.3 Å². The molecule has 1 aromatic rings. The van der Waals surface area contributed by atoms with Crippen LogP contribution < -0.4 is 5.32 Å². The van der Waals surface area contributed by atoms with Gasteiger partial charge in [-0.15, -0.1) is 11.3 Å². The molecule has 1 unspecified atom stereocenters. The molecule has 1 aliphatic heterocycles. The number of ether oxygens (including phenoxy) is 1. The van der Waals surface area contributed by atoms with Crippen LogP contribution >= 0.6 is 11.3 Å². The lowest BCUT2D eigenvalue weighted by Gasteiger charge is -2.29. The molecule has 15 heavy (non-hydrogen) atoms. The Hall–Kier alpha value is -0.450. The average molecular weight is 226 g/mol. The van der Waals surface area contributed by atoms with E-state index >= 15 is 0 Å². The van der Waals surface area contributed by atoms with Gasteiger partial charge in [0.05, 0.1) is 12.1 Å².